The van der Waals surface area contributed by atoms with Gasteiger partial charge in [0.2, 0.25) is 15.9 Å². The van der Waals surface area contributed by atoms with Crippen molar-refractivity contribution in [3.63, 3.8) is 0 Å². The Kier molecular flexibility index (Phi) is 6.02. The van der Waals surface area contributed by atoms with Gasteiger partial charge in [-0.05, 0) is 37.6 Å². The van der Waals surface area contributed by atoms with E-state index in [1.165, 1.54) is 7.05 Å². The summed E-state index contributed by atoms with van der Waals surface area (Å²) in [5.74, 6) is 0.319. The first-order chi connectivity index (χ1) is 9.85. The number of ether oxygens (including phenoxy) is 1. The van der Waals surface area contributed by atoms with Crippen LogP contribution < -0.4 is 14.4 Å². The van der Waals surface area contributed by atoms with Gasteiger partial charge in [0.05, 0.1) is 18.6 Å². The Hall–Kier alpha value is -1.76. The summed E-state index contributed by atoms with van der Waals surface area (Å²) in [7, 11) is -2.09. The fraction of sp³-hybridized carbons (Fsp3) is 0.500. The highest BCUT2D eigenvalue weighted by Gasteiger charge is 2.30. The molecule has 6 nitrogen and oxygen atoms in total. The zero-order chi connectivity index (χ0) is 16.0. The number of nitrogens with one attached hydrogen (secondary N) is 1. The quantitative estimate of drug-likeness (QED) is 0.825. The molecule has 1 rings (SSSR count). The van der Waals surface area contributed by atoms with Crippen LogP contribution in [0.1, 0.15) is 20.3 Å². The summed E-state index contributed by atoms with van der Waals surface area (Å²) < 4.78 is 30.6. The smallest absolute Gasteiger partial charge is 0.243 e. The lowest BCUT2D eigenvalue weighted by Crippen LogP contribution is -2.48. The molecule has 0 unspecified atom stereocenters. The molecule has 1 N–H and O–H groups in total. The summed E-state index contributed by atoms with van der Waals surface area (Å²) in [4.78, 5) is 11.9. The number of carbonyl (C=O) groups excluding carboxylic acids is 1. The topological polar surface area (TPSA) is 75.7 Å². The van der Waals surface area contributed by atoms with Gasteiger partial charge in [0.1, 0.15) is 11.8 Å². The number of carbonyl (C=O) groups is 1. The minimum atomic E-state index is -3.58. The number of amides is 1. The number of benzene rings is 1. The van der Waals surface area contributed by atoms with E-state index in [0.717, 1.165) is 10.6 Å². The molecule has 118 valence electrons. The van der Waals surface area contributed by atoms with Gasteiger partial charge in [-0.15, -0.1) is 0 Å². The average Bonchev–Trinajstić information content (AvgIpc) is 2.44. The number of hydrogen-bond donors (Lipinski definition) is 1. The van der Waals surface area contributed by atoms with E-state index in [4.69, 9.17) is 4.74 Å². The Labute approximate surface area is 126 Å². The molecule has 21 heavy (non-hydrogen) atoms. The van der Waals surface area contributed by atoms with Crippen molar-refractivity contribution in [2.24, 2.45) is 0 Å². The highest BCUT2D eigenvalue weighted by Crippen LogP contribution is 2.25. The Morgan fingerprint density at radius 1 is 1.29 bits per heavy atom. The third-order valence-corrected chi connectivity index (χ3v) is 4.16. The van der Waals surface area contributed by atoms with Crippen molar-refractivity contribution in [3.05, 3.63) is 24.3 Å². The first-order valence-electron chi connectivity index (χ1n) is 6.79. The lowest BCUT2D eigenvalue weighted by atomic mass is 10.2. The molecule has 1 aromatic rings. The van der Waals surface area contributed by atoms with Crippen molar-refractivity contribution in [2.45, 2.75) is 26.3 Å². The molecule has 0 bridgehead atoms. The molecule has 0 radical (unpaired) electrons. The Morgan fingerprint density at radius 3 is 2.24 bits per heavy atom. The van der Waals surface area contributed by atoms with E-state index in [1.54, 1.807) is 31.2 Å². The van der Waals surface area contributed by atoms with Crippen LogP contribution in [0.3, 0.4) is 0 Å². The number of rotatable bonds is 7. The van der Waals surface area contributed by atoms with Gasteiger partial charge in [0.25, 0.3) is 0 Å². The van der Waals surface area contributed by atoms with Crippen LogP contribution in [0.4, 0.5) is 5.69 Å². The molecule has 0 aliphatic heterocycles. The zero-order valence-electron chi connectivity index (χ0n) is 12.8. The third kappa shape index (κ3) is 4.35. The minimum Gasteiger partial charge on any atom is -0.494 e. The van der Waals surface area contributed by atoms with Crippen LogP contribution >= 0.6 is 0 Å². The second kappa shape index (κ2) is 7.31. The van der Waals surface area contributed by atoms with Gasteiger partial charge >= 0.3 is 0 Å². The molecule has 1 atom stereocenters. The van der Waals surface area contributed by atoms with Gasteiger partial charge in [-0.1, -0.05) is 6.92 Å². The first kappa shape index (κ1) is 17.3. The molecule has 0 heterocycles. The largest absolute Gasteiger partial charge is 0.494 e. The number of likely N-dealkylation sites (N-methyl/N-ethyl adjacent to an activating group) is 1. The highest BCUT2D eigenvalue weighted by atomic mass is 32.2. The normalized spacial score (nSPS) is 12.6. The van der Waals surface area contributed by atoms with Crippen molar-refractivity contribution in [1.29, 1.82) is 0 Å². The summed E-state index contributed by atoms with van der Waals surface area (Å²) in [6.07, 6.45) is 1.47. The average molecular weight is 314 g/mol. The van der Waals surface area contributed by atoms with Crippen molar-refractivity contribution < 1.29 is 17.9 Å². The van der Waals surface area contributed by atoms with Crippen LogP contribution in [0.25, 0.3) is 0 Å². The second-order valence-electron chi connectivity index (χ2n) is 4.52. The predicted octanol–water partition coefficient (Wildman–Crippen LogP) is 1.38. The summed E-state index contributed by atoms with van der Waals surface area (Å²) in [5.41, 5.74) is 0.441. The molecule has 0 aliphatic rings. The maximum absolute atomic E-state index is 12.1. The summed E-state index contributed by atoms with van der Waals surface area (Å²) in [5, 5.41) is 2.50. The highest BCUT2D eigenvalue weighted by molar-refractivity contribution is 7.92. The molecule has 0 aromatic heterocycles. The Morgan fingerprint density at radius 2 is 1.86 bits per heavy atom. The van der Waals surface area contributed by atoms with Gasteiger partial charge < -0.3 is 10.1 Å². The van der Waals surface area contributed by atoms with E-state index in [1.807, 2.05) is 6.92 Å². The van der Waals surface area contributed by atoms with Gasteiger partial charge in [-0.3, -0.25) is 9.10 Å². The number of hydrogen-bond acceptors (Lipinski definition) is 4. The van der Waals surface area contributed by atoms with E-state index >= 15 is 0 Å². The fourth-order valence-electron chi connectivity index (χ4n) is 2.08. The van der Waals surface area contributed by atoms with Gasteiger partial charge in [-0.25, -0.2) is 8.42 Å². The van der Waals surface area contributed by atoms with Crippen LogP contribution in [0.2, 0.25) is 0 Å². The van der Waals surface area contributed by atoms with Crippen molar-refractivity contribution >= 4 is 21.6 Å². The van der Waals surface area contributed by atoms with Crippen molar-refractivity contribution in [2.75, 3.05) is 24.2 Å². The van der Waals surface area contributed by atoms with Crippen LogP contribution in [-0.2, 0) is 14.8 Å². The molecule has 0 saturated carbocycles. The molecular weight excluding hydrogens is 292 g/mol. The van der Waals surface area contributed by atoms with E-state index < -0.39 is 16.1 Å². The van der Waals surface area contributed by atoms with Gasteiger partial charge in [0.15, 0.2) is 0 Å². The molecule has 1 amide bonds. The molecule has 0 spiro atoms. The molecule has 0 aliphatic carbocycles. The van der Waals surface area contributed by atoms with Crippen molar-refractivity contribution in [1.82, 2.24) is 5.32 Å². The van der Waals surface area contributed by atoms with Gasteiger partial charge in [-0.2, -0.15) is 0 Å². The van der Waals surface area contributed by atoms with E-state index in [0.29, 0.717) is 24.5 Å². The SMILES string of the molecule is CCOc1ccc(N([C@@H](CC)C(=O)NC)S(C)(=O)=O)cc1. The summed E-state index contributed by atoms with van der Waals surface area (Å²) in [6.45, 7) is 4.17. The summed E-state index contributed by atoms with van der Waals surface area (Å²) >= 11 is 0. The summed E-state index contributed by atoms with van der Waals surface area (Å²) in [6, 6.07) is 5.87. The maximum Gasteiger partial charge on any atom is 0.243 e. The van der Waals surface area contributed by atoms with Crippen LogP contribution in [0.5, 0.6) is 5.75 Å². The lowest BCUT2D eigenvalue weighted by molar-refractivity contribution is -0.121. The van der Waals surface area contributed by atoms with Crippen LogP contribution in [-0.4, -0.2) is 40.3 Å². The first-order valence-corrected chi connectivity index (χ1v) is 8.63. The second-order valence-corrected chi connectivity index (χ2v) is 6.38. The lowest BCUT2D eigenvalue weighted by Gasteiger charge is -2.29. The van der Waals surface area contributed by atoms with Crippen LogP contribution in [0, 0.1) is 0 Å². The zero-order valence-corrected chi connectivity index (χ0v) is 13.6. The molecule has 0 fully saturated rings. The molecule has 0 saturated heterocycles. The van der Waals surface area contributed by atoms with Crippen LogP contribution in [0.15, 0.2) is 24.3 Å². The maximum atomic E-state index is 12.1. The Bertz CT molecular complexity index is 569. The monoisotopic (exact) mass is 314 g/mol. The van der Waals surface area contributed by atoms with E-state index in [-0.39, 0.29) is 5.91 Å². The Balaban J connectivity index is 3.22. The molecule has 1 aromatic carbocycles. The molecule has 7 heteroatoms. The molecular formula is C14H22N2O4S. The predicted molar refractivity (Wildman–Crippen MR) is 83.1 cm³/mol. The standard InChI is InChI=1S/C14H22N2O4S/c1-5-13(14(17)15-3)16(21(4,18)19)11-7-9-12(10-8-11)20-6-2/h7-10,13H,5-6H2,1-4H3,(H,15,17)/t13-/m0/s1. The third-order valence-electron chi connectivity index (χ3n) is 2.98. The number of nitrogens with zero attached hydrogens (tertiary/aromatic N) is 1. The van der Waals surface area contributed by atoms with E-state index in [2.05, 4.69) is 5.32 Å². The van der Waals surface area contributed by atoms with Crippen molar-refractivity contribution in [3.8, 4) is 5.75 Å². The number of anilines is 1. The fourth-order valence-corrected chi connectivity index (χ4v) is 3.29. The van der Waals surface area contributed by atoms with Gasteiger partial charge in [0, 0.05) is 7.05 Å². The number of sulfonamides is 1. The van der Waals surface area contributed by atoms with E-state index in [9.17, 15) is 13.2 Å². The minimum absolute atomic E-state index is 0.336.